The molecule has 0 aliphatic rings. The number of nitrogens with one attached hydrogen (secondary N) is 2. The number of benzene rings is 2. The van der Waals surface area contributed by atoms with Crippen molar-refractivity contribution in [2.24, 2.45) is 0 Å². The minimum Gasteiger partial charge on any atom is -0.508 e. The molecule has 39 heavy (non-hydrogen) atoms. The van der Waals surface area contributed by atoms with Gasteiger partial charge in [0.25, 0.3) is 5.91 Å². The van der Waals surface area contributed by atoms with Gasteiger partial charge in [-0.15, -0.1) is 0 Å². The van der Waals surface area contributed by atoms with Crippen LogP contribution in [0.25, 0.3) is 0 Å². The lowest BCUT2D eigenvalue weighted by atomic mass is 10.0. The van der Waals surface area contributed by atoms with Gasteiger partial charge in [0, 0.05) is 12.3 Å². The Kier molecular flexibility index (Phi) is 12.4. The quantitative estimate of drug-likeness (QED) is 0.176. The lowest BCUT2D eigenvalue weighted by Gasteiger charge is -2.34. The van der Waals surface area contributed by atoms with Gasteiger partial charge in [0.15, 0.2) is 0 Å². The number of amides is 3. The third-order valence-electron chi connectivity index (χ3n) is 5.92. The molecule has 0 spiro atoms. The molecule has 2 atom stereocenters. The van der Waals surface area contributed by atoms with E-state index in [2.05, 4.69) is 30.2 Å². The normalized spacial score (nSPS) is 12.8. The number of ether oxygens (including phenoxy) is 1. The Hall–Kier alpha value is -2.91. The van der Waals surface area contributed by atoms with E-state index in [1.807, 2.05) is 13.0 Å². The number of nitrogens with zero attached hydrogens (tertiary/aromatic N) is 1. The van der Waals surface area contributed by atoms with Crippen LogP contribution < -0.4 is 10.6 Å². The van der Waals surface area contributed by atoms with Crippen LogP contribution in [0.3, 0.4) is 0 Å². The highest BCUT2D eigenvalue weighted by Gasteiger charge is 2.36. The SMILES string of the molecule is CCCCCCN(C(=O)C(CS)NC(=O)OC(C)(C)C)C(C(=O)Nc1c(C)cccc1Cl)c1cccc(O)c1. The average Bonchev–Trinajstić information content (AvgIpc) is 2.85. The van der Waals surface area contributed by atoms with Crippen molar-refractivity contribution in [1.82, 2.24) is 10.2 Å². The van der Waals surface area contributed by atoms with E-state index in [1.54, 1.807) is 45.0 Å². The number of phenols is 1. The number of unbranched alkanes of at least 4 members (excludes halogenated alkanes) is 3. The molecule has 0 aliphatic carbocycles. The van der Waals surface area contributed by atoms with Crippen molar-refractivity contribution in [2.75, 3.05) is 17.6 Å². The van der Waals surface area contributed by atoms with Crippen LogP contribution in [-0.2, 0) is 14.3 Å². The first-order valence-electron chi connectivity index (χ1n) is 13.1. The summed E-state index contributed by atoms with van der Waals surface area (Å²) in [5.41, 5.74) is 0.845. The smallest absolute Gasteiger partial charge is 0.408 e. The second kappa shape index (κ2) is 15.0. The van der Waals surface area contributed by atoms with E-state index < -0.39 is 35.6 Å². The first-order valence-corrected chi connectivity index (χ1v) is 14.1. The van der Waals surface area contributed by atoms with Crippen molar-refractivity contribution in [1.29, 1.82) is 0 Å². The molecule has 0 saturated heterocycles. The summed E-state index contributed by atoms with van der Waals surface area (Å²) in [7, 11) is 0. The first kappa shape index (κ1) is 32.3. The number of halogens is 1. The van der Waals surface area contributed by atoms with E-state index in [4.69, 9.17) is 16.3 Å². The van der Waals surface area contributed by atoms with Crippen LogP contribution in [0.4, 0.5) is 10.5 Å². The molecule has 0 aromatic heterocycles. The summed E-state index contributed by atoms with van der Waals surface area (Å²) < 4.78 is 5.34. The predicted molar refractivity (Wildman–Crippen MR) is 159 cm³/mol. The van der Waals surface area contributed by atoms with Crippen LogP contribution in [-0.4, -0.2) is 51.9 Å². The number of phenolic OH excluding ortho intramolecular Hbond substituents is 1. The molecule has 2 rings (SSSR count). The van der Waals surface area contributed by atoms with Crippen LogP contribution in [0.15, 0.2) is 42.5 Å². The molecule has 3 N–H and O–H groups in total. The standard InChI is InChI=1S/C29H40ClN3O5S/c1-6-7-8-9-16-33(27(36)23(18-39)31-28(37)38-29(3,4)5)25(20-13-11-14-21(34)17-20)26(35)32-24-19(2)12-10-15-22(24)30/h10-15,17,23,25,34,39H,6-9,16,18H2,1-5H3,(H,31,37)(H,32,35). The molecule has 2 unspecified atom stereocenters. The van der Waals surface area contributed by atoms with Crippen molar-refractivity contribution in [3.8, 4) is 5.75 Å². The Labute approximate surface area is 241 Å². The summed E-state index contributed by atoms with van der Waals surface area (Å²) in [6.45, 7) is 9.32. The number of hydrogen-bond donors (Lipinski definition) is 4. The second-order valence-corrected chi connectivity index (χ2v) is 11.2. The average molecular weight is 578 g/mol. The Morgan fingerprint density at radius 3 is 2.38 bits per heavy atom. The molecule has 8 nitrogen and oxygen atoms in total. The molecule has 0 fully saturated rings. The number of alkyl carbamates (subject to hydrolysis) is 1. The fourth-order valence-electron chi connectivity index (χ4n) is 4.06. The van der Waals surface area contributed by atoms with Gasteiger partial charge in [0.1, 0.15) is 23.4 Å². The maximum absolute atomic E-state index is 14.0. The Morgan fingerprint density at radius 1 is 1.10 bits per heavy atom. The topological polar surface area (TPSA) is 108 Å². The van der Waals surface area contributed by atoms with Gasteiger partial charge in [0.05, 0.1) is 10.7 Å². The zero-order chi connectivity index (χ0) is 29.2. The van der Waals surface area contributed by atoms with Crippen LogP contribution in [0, 0.1) is 6.92 Å². The Balaban J connectivity index is 2.52. The van der Waals surface area contributed by atoms with Gasteiger partial charge in [-0.05, 0) is 63.4 Å². The predicted octanol–water partition coefficient (Wildman–Crippen LogP) is 6.27. The van der Waals surface area contributed by atoms with E-state index in [0.717, 1.165) is 24.8 Å². The van der Waals surface area contributed by atoms with E-state index in [0.29, 0.717) is 22.7 Å². The highest BCUT2D eigenvalue weighted by atomic mass is 35.5. The zero-order valence-corrected chi connectivity index (χ0v) is 24.9. The third kappa shape index (κ3) is 9.97. The molecule has 0 aliphatic heterocycles. The molecule has 0 saturated carbocycles. The lowest BCUT2D eigenvalue weighted by Crippen LogP contribution is -2.53. The Morgan fingerprint density at radius 2 is 1.79 bits per heavy atom. The van der Waals surface area contributed by atoms with E-state index in [1.165, 1.54) is 17.0 Å². The summed E-state index contributed by atoms with van der Waals surface area (Å²) in [6, 6.07) is 9.32. The van der Waals surface area contributed by atoms with Gasteiger partial charge in [-0.25, -0.2) is 4.79 Å². The van der Waals surface area contributed by atoms with Crippen LogP contribution in [0.5, 0.6) is 5.75 Å². The molecular weight excluding hydrogens is 538 g/mol. The summed E-state index contributed by atoms with van der Waals surface area (Å²) in [5, 5.41) is 16.1. The van der Waals surface area contributed by atoms with Crippen molar-refractivity contribution >= 4 is 47.8 Å². The Bertz CT molecular complexity index is 1120. The van der Waals surface area contributed by atoms with Crippen LogP contribution in [0.2, 0.25) is 5.02 Å². The fraction of sp³-hybridized carbons (Fsp3) is 0.483. The van der Waals surface area contributed by atoms with Gasteiger partial charge in [-0.2, -0.15) is 12.6 Å². The number of carbonyl (C=O) groups excluding carboxylic acids is 3. The summed E-state index contributed by atoms with van der Waals surface area (Å²) in [6.07, 6.45) is 2.69. The van der Waals surface area contributed by atoms with Crippen molar-refractivity contribution in [3.05, 3.63) is 58.6 Å². The molecule has 214 valence electrons. The number of aryl methyl sites for hydroxylation is 1. The minimum absolute atomic E-state index is 0.0124. The van der Waals surface area contributed by atoms with Crippen molar-refractivity contribution in [3.63, 3.8) is 0 Å². The molecule has 2 aromatic carbocycles. The number of rotatable bonds is 12. The molecule has 0 radical (unpaired) electrons. The van der Waals surface area contributed by atoms with Crippen LogP contribution >= 0.6 is 24.2 Å². The highest BCUT2D eigenvalue weighted by Crippen LogP contribution is 2.31. The first-order chi connectivity index (χ1) is 18.4. The van der Waals surface area contributed by atoms with Gasteiger partial charge >= 0.3 is 6.09 Å². The number of anilines is 1. The summed E-state index contributed by atoms with van der Waals surface area (Å²) in [4.78, 5) is 41.8. The van der Waals surface area contributed by atoms with E-state index >= 15 is 0 Å². The highest BCUT2D eigenvalue weighted by molar-refractivity contribution is 7.80. The molecule has 3 amide bonds. The third-order valence-corrected chi connectivity index (χ3v) is 6.60. The minimum atomic E-state index is -1.12. The zero-order valence-electron chi connectivity index (χ0n) is 23.3. The van der Waals surface area contributed by atoms with E-state index in [-0.39, 0.29) is 18.0 Å². The maximum atomic E-state index is 14.0. The summed E-state index contributed by atoms with van der Waals surface area (Å²) >= 11 is 10.7. The van der Waals surface area contributed by atoms with E-state index in [9.17, 15) is 19.5 Å². The van der Waals surface area contributed by atoms with Crippen molar-refractivity contribution < 1.29 is 24.2 Å². The monoisotopic (exact) mass is 577 g/mol. The molecular formula is C29H40ClN3O5S. The molecule has 2 aromatic rings. The molecule has 0 bridgehead atoms. The number of hydrogen-bond acceptors (Lipinski definition) is 6. The molecule has 0 heterocycles. The number of para-hydroxylation sites is 1. The fourth-order valence-corrected chi connectivity index (χ4v) is 4.58. The summed E-state index contributed by atoms with van der Waals surface area (Å²) in [5.74, 6) is -1.06. The van der Waals surface area contributed by atoms with Gasteiger partial charge in [-0.3, -0.25) is 9.59 Å². The number of aromatic hydroxyl groups is 1. The number of carbonyl (C=O) groups is 3. The van der Waals surface area contributed by atoms with Gasteiger partial charge in [-0.1, -0.05) is 62.1 Å². The van der Waals surface area contributed by atoms with Gasteiger partial charge in [0.2, 0.25) is 5.91 Å². The maximum Gasteiger partial charge on any atom is 0.408 e. The number of thiol groups is 1. The largest absolute Gasteiger partial charge is 0.508 e. The van der Waals surface area contributed by atoms with Crippen LogP contribution in [0.1, 0.15) is 70.5 Å². The second-order valence-electron chi connectivity index (χ2n) is 10.4. The molecule has 10 heteroatoms. The lowest BCUT2D eigenvalue weighted by molar-refractivity contribution is -0.140. The van der Waals surface area contributed by atoms with Crippen molar-refractivity contribution in [2.45, 2.75) is 78.0 Å². The van der Waals surface area contributed by atoms with Gasteiger partial charge < -0.3 is 25.4 Å².